The molecule has 0 unspecified atom stereocenters. The van der Waals surface area contributed by atoms with Gasteiger partial charge in [0.05, 0.1) is 6.04 Å². The van der Waals surface area contributed by atoms with Crippen LogP contribution in [0.5, 0.6) is 11.5 Å². The molecule has 0 fully saturated rings. The van der Waals surface area contributed by atoms with Crippen molar-refractivity contribution in [2.75, 3.05) is 0 Å². The van der Waals surface area contributed by atoms with Gasteiger partial charge in [0.1, 0.15) is 17.1 Å². The molecule has 0 saturated carbocycles. The second-order valence-electron chi connectivity index (χ2n) is 9.58. The number of nitrogens with one attached hydrogen (secondary N) is 1. The molecule has 2 aromatic carbocycles. The van der Waals surface area contributed by atoms with Crippen LogP contribution in [0.2, 0.25) is 0 Å². The molecule has 2 atom stereocenters. The summed E-state index contributed by atoms with van der Waals surface area (Å²) in [7, 11) is 0. The van der Waals surface area contributed by atoms with E-state index >= 15 is 0 Å². The molecule has 2 aromatic rings. The van der Waals surface area contributed by atoms with E-state index in [2.05, 4.69) is 52.1 Å². The SMILES string of the molecule is CC[C@H](Oc1ccc(C(C)(C)C)cc1)C(=O)N[C@@H]1CC(CC)(CC)Oc2ccccc21. The van der Waals surface area contributed by atoms with Crippen LogP contribution in [0.15, 0.2) is 48.5 Å². The fraction of sp³-hybridized carbons (Fsp3) is 0.519. The van der Waals surface area contributed by atoms with Crippen molar-refractivity contribution >= 4 is 5.91 Å². The van der Waals surface area contributed by atoms with Gasteiger partial charge in [-0.3, -0.25) is 4.79 Å². The Kier molecular flexibility index (Phi) is 6.98. The highest BCUT2D eigenvalue weighted by atomic mass is 16.5. The van der Waals surface area contributed by atoms with Crippen molar-refractivity contribution in [2.24, 2.45) is 0 Å². The number of amides is 1. The monoisotopic (exact) mass is 423 g/mol. The highest BCUT2D eigenvalue weighted by molar-refractivity contribution is 5.81. The summed E-state index contributed by atoms with van der Waals surface area (Å²) in [6.07, 6.45) is 2.63. The molecule has 0 radical (unpaired) electrons. The van der Waals surface area contributed by atoms with E-state index < -0.39 is 6.10 Å². The Morgan fingerprint density at radius 2 is 1.74 bits per heavy atom. The van der Waals surface area contributed by atoms with Crippen LogP contribution in [0.1, 0.15) is 84.4 Å². The first kappa shape index (κ1) is 23.2. The summed E-state index contributed by atoms with van der Waals surface area (Å²) in [5, 5.41) is 3.26. The first-order chi connectivity index (χ1) is 14.7. The first-order valence-electron chi connectivity index (χ1n) is 11.6. The molecule has 0 aromatic heterocycles. The predicted octanol–water partition coefficient (Wildman–Crippen LogP) is 6.34. The predicted molar refractivity (Wildman–Crippen MR) is 126 cm³/mol. The molecule has 0 aliphatic carbocycles. The standard InChI is InChI=1S/C27H37NO3/c1-7-23(30-20-16-14-19(15-17-20)26(4,5)6)25(29)28-22-18-27(8-2,9-3)31-24-13-11-10-12-21(22)24/h10-17,22-23H,7-9,18H2,1-6H3,(H,28,29)/t22-,23+/m1/s1. The number of rotatable bonds is 7. The minimum absolute atomic E-state index is 0.0785. The molecule has 1 N–H and O–H groups in total. The number of ether oxygens (including phenoxy) is 2. The van der Waals surface area contributed by atoms with E-state index in [1.54, 1.807) is 0 Å². The number of fused-ring (bicyclic) bond motifs is 1. The Morgan fingerprint density at radius 1 is 1.10 bits per heavy atom. The normalized spacial score (nSPS) is 18.5. The molecule has 1 aliphatic rings. The third kappa shape index (κ3) is 5.23. The highest BCUT2D eigenvalue weighted by Gasteiger charge is 2.39. The second kappa shape index (κ2) is 9.33. The topological polar surface area (TPSA) is 47.6 Å². The molecule has 1 aliphatic heterocycles. The van der Waals surface area contributed by atoms with Gasteiger partial charge in [-0.2, -0.15) is 0 Å². The summed E-state index contributed by atoms with van der Waals surface area (Å²) >= 11 is 0. The molecule has 0 spiro atoms. The number of para-hydroxylation sites is 1. The first-order valence-corrected chi connectivity index (χ1v) is 11.6. The molecule has 0 bridgehead atoms. The van der Waals surface area contributed by atoms with Crippen LogP contribution < -0.4 is 14.8 Å². The van der Waals surface area contributed by atoms with Gasteiger partial charge < -0.3 is 14.8 Å². The van der Waals surface area contributed by atoms with Crippen LogP contribution in [-0.4, -0.2) is 17.6 Å². The zero-order chi connectivity index (χ0) is 22.6. The van der Waals surface area contributed by atoms with Crippen molar-refractivity contribution in [1.29, 1.82) is 0 Å². The van der Waals surface area contributed by atoms with Crippen LogP contribution in [0.3, 0.4) is 0 Å². The average Bonchev–Trinajstić information content (AvgIpc) is 2.76. The molecule has 1 heterocycles. The maximum atomic E-state index is 13.2. The van der Waals surface area contributed by atoms with E-state index in [1.807, 2.05) is 43.3 Å². The van der Waals surface area contributed by atoms with Gasteiger partial charge in [0.25, 0.3) is 5.91 Å². The van der Waals surface area contributed by atoms with E-state index in [9.17, 15) is 4.79 Å². The van der Waals surface area contributed by atoms with Gasteiger partial charge >= 0.3 is 0 Å². The zero-order valence-corrected chi connectivity index (χ0v) is 19.8. The van der Waals surface area contributed by atoms with Crippen LogP contribution in [0.25, 0.3) is 0 Å². The molecular formula is C27H37NO3. The maximum absolute atomic E-state index is 13.2. The number of carbonyl (C=O) groups excluding carboxylic acids is 1. The minimum atomic E-state index is -0.534. The van der Waals surface area contributed by atoms with E-state index in [0.717, 1.165) is 36.3 Å². The van der Waals surface area contributed by atoms with Crippen LogP contribution in [0, 0.1) is 0 Å². The quantitative estimate of drug-likeness (QED) is 0.565. The molecule has 0 saturated heterocycles. The number of hydrogen-bond acceptors (Lipinski definition) is 3. The summed E-state index contributed by atoms with van der Waals surface area (Å²) in [4.78, 5) is 13.2. The summed E-state index contributed by atoms with van der Waals surface area (Å²) in [6, 6.07) is 16.0. The molecule has 4 heteroatoms. The molecule has 31 heavy (non-hydrogen) atoms. The fourth-order valence-corrected chi connectivity index (χ4v) is 4.21. The summed E-state index contributed by atoms with van der Waals surface area (Å²) < 4.78 is 12.5. The van der Waals surface area contributed by atoms with Crippen molar-refractivity contribution in [1.82, 2.24) is 5.32 Å². The summed E-state index contributed by atoms with van der Waals surface area (Å²) in [5.41, 5.74) is 2.11. The average molecular weight is 424 g/mol. The maximum Gasteiger partial charge on any atom is 0.261 e. The zero-order valence-electron chi connectivity index (χ0n) is 19.8. The van der Waals surface area contributed by atoms with Crippen molar-refractivity contribution in [3.8, 4) is 11.5 Å². The van der Waals surface area contributed by atoms with E-state index in [4.69, 9.17) is 9.47 Å². The molecular weight excluding hydrogens is 386 g/mol. The molecule has 4 nitrogen and oxygen atoms in total. The summed E-state index contributed by atoms with van der Waals surface area (Å²) in [6.45, 7) is 12.8. The fourth-order valence-electron chi connectivity index (χ4n) is 4.21. The highest BCUT2D eigenvalue weighted by Crippen LogP contribution is 2.42. The Bertz CT molecular complexity index is 878. The van der Waals surface area contributed by atoms with Crippen LogP contribution in [0.4, 0.5) is 0 Å². The largest absolute Gasteiger partial charge is 0.487 e. The lowest BCUT2D eigenvalue weighted by Crippen LogP contribution is -2.47. The van der Waals surface area contributed by atoms with Gasteiger partial charge in [-0.15, -0.1) is 0 Å². The van der Waals surface area contributed by atoms with Crippen molar-refractivity contribution < 1.29 is 14.3 Å². The van der Waals surface area contributed by atoms with Crippen molar-refractivity contribution in [2.45, 2.75) is 90.4 Å². The smallest absolute Gasteiger partial charge is 0.261 e. The number of carbonyl (C=O) groups is 1. The lowest BCUT2D eigenvalue weighted by atomic mass is 9.83. The van der Waals surface area contributed by atoms with E-state index in [1.165, 1.54) is 5.56 Å². The Hall–Kier alpha value is -2.49. The Labute approximate surface area is 187 Å². The third-order valence-electron chi connectivity index (χ3n) is 6.46. The van der Waals surface area contributed by atoms with Gasteiger partial charge in [0.15, 0.2) is 6.10 Å². The van der Waals surface area contributed by atoms with Gasteiger partial charge in [-0.1, -0.05) is 71.9 Å². The van der Waals surface area contributed by atoms with Gasteiger partial charge in [0, 0.05) is 12.0 Å². The van der Waals surface area contributed by atoms with Crippen LogP contribution >= 0.6 is 0 Å². The number of hydrogen-bond donors (Lipinski definition) is 1. The number of benzene rings is 2. The lowest BCUT2D eigenvalue weighted by molar-refractivity contribution is -0.129. The summed E-state index contributed by atoms with van der Waals surface area (Å²) in [5.74, 6) is 1.51. The van der Waals surface area contributed by atoms with Gasteiger partial charge in [-0.25, -0.2) is 0 Å². The van der Waals surface area contributed by atoms with Gasteiger partial charge in [-0.05, 0) is 48.4 Å². The Morgan fingerprint density at radius 3 is 2.32 bits per heavy atom. The van der Waals surface area contributed by atoms with Gasteiger partial charge in [0.2, 0.25) is 0 Å². The van der Waals surface area contributed by atoms with E-state index in [0.29, 0.717) is 6.42 Å². The minimum Gasteiger partial charge on any atom is -0.487 e. The lowest BCUT2D eigenvalue weighted by Gasteiger charge is -2.42. The van der Waals surface area contributed by atoms with Crippen LogP contribution in [-0.2, 0) is 10.2 Å². The van der Waals surface area contributed by atoms with Crippen molar-refractivity contribution in [3.63, 3.8) is 0 Å². The Balaban J connectivity index is 1.75. The molecule has 1 amide bonds. The van der Waals surface area contributed by atoms with E-state index in [-0.39, 0.29) is 23.0 Å². The molecule has 3 rings (SSSR count). The third-order valence-corrected chi connectivity index (χ3v) is 6.46. The second-order valence-corrected chi connectivity index (χ2v) is 9.58. The van der Waals surface area contributed by atoms with Crippen molar-refractivity contribution in [3.05, 3.63) is 59.7 Å². The molecule has 168 valence electrons.